The molecule has 0 unspecified atom stereocenters. The van der Waals surface area contributed by atoms with Crippen molar-refractivity contribution in [2.24, 2.45) is 16.7 Å². The monoisotopic (exact) mass is 825 g/mol. The topological polar surface area (TPSA) is 231 Å². The molecular weight excluding hydrogens is 770 g/mol. The van der Waals surface area contributed by atoms with Crippen LogP contribution < -0.4 is 5.32 Å². The number of aliphatic hydroxyl groups is 3. The van der Waals surface area contributed by atoms with Gasteiger partial charge in [-0.2, -0.15) is 0 Å². The Bertz CT molecular complexity index is 1980. The highest BCUT2D eigenvalue weighted by molar-refractivity contribution is 5.95. The lowest BCUT2D eigenvalue weighted by molar-refractivity contribution is -0.347. The van der Waals surface area contributed by atoms with Crippen LogP contribution in [0.2, 0.25) is 0 Å². The van der Waals surface area contributed by atoms with Crippen molar-refractivity contribution >= 4 is 41.8 Å². The molecular formula is C43H55NO15. The Kier molecular flexibility index (Phi) is 11.5. The second-order valence-corrected chi connectivity index (χ2v) is 18.1. The number of nitrogens with one attached hydrogen (secondary N) is 1. The Morgan fingerprint density at radius 1 is 1.00 bits per heavy atom. The van der Waals surface area contributed by atoms with Gasteiger partial charge in [0.2, 0.25) is 0 Å². The minimum Gasteiger partial charge on any atom is -0.459 e. The van der Waals surface area contributed by atoms with Crippen molar-refractivity contribution in [3.05, 3.63) is 52.6 Å². The summed E-state index contributed by atoms with van der Waals surface area (Å²) in [7, 11) is 0. The third kappa shape index (κ3) is 7.57. The summed E-state index contributed by atoms with van der Waals surface area (Å²) in [5.74, 6) is -6.05. The second-order valence-electron chi connectivity index (χ2n) is 18.1. The molecule has 1 aromatic rings. The first kappa shape index (κ1) is 43.9. The molecule has 16 heteroatoms. The highest BCUT2D eigenvalue weighted by Gasteiger charge is 2.78. The predicted octanol–water partition coefficient (Wildman–Crippen LogP) is 3.32. The minimum absolute atomic E-state index is 0.0113. The minimum atomic E-state index is -2.34. The van der Waals surface area contributed by atoms with Gasteiger partial charge in [-0.3, -0.25) is 19.2 Å². The molecule has 4 N–H and O–H groups in total. The van der Waals surface area contributed by atoms with Crippen molar-refractivity contribution in [3.8, 4) is 0 Å². The molecule has 3 aliphatic carbocycles. The summed E-state index contributed by atoms with van der Waals surface area (Å²) in [6.45, 7) is 13.0. The lowest BCUT2D eigenvalue weighted by Gasteiger charge is -2.67. The number of Topliss-reactive ketones (excluding diaryl/α,β-unsaturated/α-hetero) is 1. The van der Waals surface area contributed by atoms with E-state index in [0.717, 1.165) is 13.8 Å². The van der Waals surface area contributed by atoms with Crippen molar-refractivity contribution in [2.45, 2.75) is 147 Å². The standard InChI is InChI=1S/C43H55NO15/c1-21-26-19-43(53)36(34-41(9,27(47)18-28-42(34,20-54-28)58-23(3)46)35(50)33(55-22(2)45)30(21)40(43,7)8)57-29(48)16-11-10-13-24-14-12-15-25(17-24)31(32(49)37(51)56-26)44-38(52)59-39(4,5)6/h10,12-15,17,26-28,31-34,36,47,49,53H,11,16,18-20H2,1-9H3,(H,44,52)/b13-10+/t26-,27-,28+,31-,32+,33+,34-,36-,41+,42-,43+/m0/s1. The van der Waals surface area contributed by atoms with Gasteiger partial charge in [0.25, 0.3) is 0 Å². The zero-order valence-electron chi connectivity index (χ0n) is 34.9. The van der Waals surface area contributed by atoms with E-state index in [1.165, 1.54) is 13.8 Å². The average Bonchev–Trinajstić information content (AvgIpc) is 3.12. The molecule has 1 saturated heterocycles. The number of rotatable bonds is 3. The molecule has 3 fully saturated rings. The molecule has 1 amide bonds. The van der Waals surface area contributed by atoms with Crippen LogP contribution in [0.25, 0.3) is 6.08 Å². The van der Waals surface area contributed by atoms with E-state index in [0.29, 0.717) is 11.1 Å². The normalized spacial score (nSPS) is 37.4. The van der Waals surface area contributed by atoms with Crippen LogP contribution in [0.15, 0.2) is 41.5 Å². The Labute approximate surface area is 342 Å². The van der Waals surface area contributed by atoms with Crippen LogP contribution in [0, 0.1) is 16.7 Å². The van der Waals surface area contributed by atoms with E-state index in [2.05, 4.69) is 5.32 Å². The molecule has 11 atom stereocenters. The van der Waals surface area contributed by atoms with Gasteiger partial charge in [0.15, 0.2) is 23.6 Å². The summed E-state index contributed by atoms with van der Waals surface area (Å²) in [6, 6.07) is 5.19. The molecule has 59 heavy (non-hydrogen) atoms. The molecule has 6 rings (SSSR count). The zero-order chi connectivity index (χ0) is 43.6. The number of ether oxygens (including phenoxy) is 6. The molecule has 322 valence electrons. The number of allylic oxidation sites excluding steroid dienone is 1. The summed E-state index contributed by atoms with van der Waals surface area (Å²) in [5, 5.41) is 39.9. The van der Waals surface area contributed by atoms with Gasteiger partial charge < -0.3 is 49.1 Å². The third-order valence-corrected chi connectivity index (χ3v) is 12.8. The van der Waals surface area contributed by atoms with Crippen LogP contribution in [0.5, 0.6) is 0 Å². The van der Waals surface area contributed by atoms with Gasteiger partial charge >= 0.3 is 30.0 Å². The van der Waals surface area contributed by atoms with E-state index in [1.807, 2.05) is 0 Å². The average molecular weight is 826 g/mol. The Morgan fingerprint density at radius 3 is 2.31 bits per heavy atom. The number of carbonyl (C=O) groups is 6. The summed E-state index contributed by atoms with van der Waals surface area (Å²) in [5.41, 5.74) is -7.57. The molecule has 2 aliphatic heterocycles. The van der Waals surface area contributed by atoms with Gasteiger partial charge in [0.1, 0.15) is 29.5 Å². The third-order valence-electron chi connectivity index (χ3n) is 12.8. The zero-order valence-corrected chi connectivity index (χ0v) is 34.9. The highest BCUT2D eigenvalue weighted by Crippen LogP contribution is 2.64. The number of carbonyl (C=O) groups excluding carboxylic acids is 6. The number of benzene rings is 1. The lowest BCUT2D eigenvalue weighted by atomic mass is 9.44. The molecule has 5 aliphatic rings. The second kappa shape index (κ2) is 15.4. The maximum Gasteiger partial charge on any atom is 0.408 e. The summed E-state index contributed by atoms with van der Waals surface area (Å²) < 4.78 is 35.5. The molecule has 2 heterocycles. The number of hydrogen-bond donors (Lipinski definition) is 4. The molecule has 16 nitrogen and oxygen atoms in total. The predicted molar refractivity (Wildman–Crippen MR) is 206 cm³/mol. The maximum absolute atomic E-state index is 15.4. The van der Waals surface area contributed by atoms with Crippen LogP contribution in [0.1, 0.15) is 105 Å². The Balaban J connectivity index is 1.59. The summed E-state index contributed by atoms with van der Waals surface area (Å²) in [4.78, 5) is 82.6. The van der Waals surface area contributed by atoms with Crippen LogP contribution in [0.3, 0.4) is 0 Å². The fourth-order valence-electron chi connectivity index (χ4n) is 9.86. The van der Waals surface area contributed by atoms with Gasteiger partial charge in [0, 0.05) is 38.5 Å². The van der Waals surface area contributed by atoms with Crippen LogP contribution in [-0.4, -0.2) is 111 Å². The number of alkyl carbamates (subject to hydrolysis) is 1. The SMILES string of the molecule is CC(=O)O[C@H]1C(=O)[C@@]2(C)[C@H]([C@@H]3OC(=O)CC/C=C/c4cccc(c4)[C@H](NC(=O)OC(C)(C)C)[C@@H](O)C(=O)O[C@H]4C[C@]3(O)C(C)(C)C1=C4C)[C@]1(OC(C)=O)CO[C@@H]1C[C@@H]2O. The first-order chi connectivity index (χ1) is 27.4. The first-order valence-electron chi connectivity index (χ1n) is 19.9. The molecule has 0 aromatic heterocycles. The molecule has 2 saturated carbocycles. The highest BCUT2D eigenvalue weighted by atomic mass is 16.6. The number of esters is 4. The van der Waals surface area contributed by atoms with E-state index < -0.39 is 118 Å². The van der Waals surface area contributed by atoms with Crippen molar-refractivity contribution < 1.29 is 72.5 Å². The van der Waals surface area contributed by atoms with E-state index in [-0.39, 0.29) is 37.0 Å². The van der Waals surface area contributed by atoms with Crippen molar-refractivity contribution in [1.82, 2.24) is 5.32 Å². The van der Waals surface area contributed by atoms with E-state index in [9.17, 15) is 39.3 Å². The fourth-order valence-corrected chi connectivity index (χ4v) is 9.86. The van der Waals surface area contributed by atoms with Gasteiger partial charge in [-0.05, 0) is 69.4 Å². The lowest BCUT2D eigenvalue weighted by Crippen LogP contribution is -2.82. The maximum atomic E-state index is 15.4. The van der Waals surface area contributed by atoms with Crippen molar-refractivity contribution in [1.29, 1.82) is 0 Å². The summed E-state index contributed by atoms with van der Waals surface area (Å²) >= 11 is 0. The molecule has 1 aromatic carbocycles. The number of hydrogen-bond acceptors (Lipinski definition) is 15. The van der Waals surface area contributed by atoms with Gasteiger partial charge in [-0.15, -0.1) is 0 Å². The Morgan fingerprint density at radius 2 is 1.69 bits per heavy atom. The number of aliphatic hydroxyl groups excluding tert-OH is 2. The number of fused-ring (bicyclic) bond motifs is 8. The van der Waals surface area contributed by atoms with E-state index >= 15 is 4.79 Å². The number of amides is 1. The summed E-state index contributed by atoms with van der Waals surface area (Å²) in [6.07, 6.45) is -7.99. The van der Waals surface area contributed by atoms with E-state index in [1.54, 1.807) is 71.0 Å². The Hall–Kier alpha value is -4.64. The quantitative estimate of drug-likeness (QED) is 0.195. The van der Waals surface area contributed by atoms with Crippen LogP contribution in [0.4, 0.5) is 4.79 Å². The van der Waals surface area contributed by atoms with Crippen LogP contribution in [-0.2, 0) is 52.4 Å². The molecule has 0 spiro atoms. The van der Waals surface area contributed by atoms with Gasteiger partial charge in [-0.1, -0.05) is 44.2 Å². The molecule has 0 radical (unpaired) electrons. The smallest absolute Gasteiger partial charge is 0.408 e. The van der Waals surface area contributed by atoms with E-state index in [4.69, 9.17) is 28.4 Å². The number of ketones is 1. The van der Waals surface area contributed by atoms with Crippen molar-refractivity contribution in [3.63, 3.8) is 0 Å². The fraction of sp³-hybridized carbons (Fsp3) is 0.628. The van der Waals surface area contributed by atoms with Crippen LogP contribution >= 0.6 is 0 Å². The molecule has 5 bridgehead atoms. The van der Waals surface area contributed by atoms with Crippen molar-refractivity contribution in [2.75, 3.05) is 6.61 Å². The van der Waals surface area contributed by atoms with Gasteiger partial charge in [-0.25, -0.2) is 9.59 Å². The van der Waals surface area contributed by atoms with Gasteiger partial charge in [0.05, 0.1) is 30.1 Å². The first-order valence-corrected chi connectivity index (χ1v) is 19.9. The largest absolute Gasteiger partial charge is 0.459 e.